The molecule has 1 aromatic heterocycles. The summed E-state index contributed by atoms with van der Waals surface area (Å²) in [4.78, 5) is 32.0. The van der Waals surface area contributed by atoms with Gasteiger partial charge in [0.25, 0.3) is 11.7 Å². The van der Waals surface area contributed by atoms with Crippen LogP contribution in [0.3, 0.4) is 0 Å². The summed E-state index contributed by atoms with van der Waals surface area (Å²) in [6.07, 6.45) is 2.26. The van der Waals surface area contributed by atoms with Gasteiger partial charge in [-0.3, -0.25) is 14.6 Å². The van der Waals surface area contributed by atoms with Gasteiger partial charge in [0.1, 0.15) is 17.6 Å². The van der Waals surface area contributed by atoms with E-state index < -0.39 is 17.7 Å². The second-order valence-electron chi connectivity index (χ2n) is 8.63. The molecular weight excluding hydrogens is 420 g/mol. The van der Waals surface area contributed by atoms with Gasteiger partial charge in [-0.1, -0.05) is 19.9 Å². The molecule has 1 aromatic carbocycles. The molecule has 1 atom stereocenters. The van der Waals surface area contributed by atoms with E-state index in [1.54, 1.807) is 49.7 Å². The topological polar surface area (TPSA) is 89.0 Å². The minimum atomic E-state index is -0.769. The molecule has 1 N–H and O–H groups in total. The lowest BCUT2D eigenvalue weighted by atomic mass is 9.94. The van der Waals surface area contributed by atoms with Gasteiger partial charge in [-0.05, 0) is 62.1 Å². The third-order valence-corrected chi connectivity index (χ3v) is 5.63. The average molecular weight is 453 g/mol. The van der Waals surface area contributed by atoms with Crippen molar-refractivity contribution in [3.63, 3.8) is 0 Å². The van der Waals surface area contributed by atoms with Gasteiger partial charge >= 0.3 is 0 Å². The maximum absolute atomic E-state index is 13.1. The summed E-state index contributed by atoms with van der Waals surface area (Å²) in [5.74, 6) is -0.727. The van der Waals surface area contributed by atoms with Crippen molar-refractivity contribution >= 4 is 17.4 Å². The molecule has 7 heteroatoms. The van der Waals surface area contributed by atoms with Crippen molar-refractivity contribution in [2.45, 2.75) is 52.2 Å². The molecule has 33 heavy (non-hydrogen) atoms. The maximum Gasteiger partial charge on any atom is 0.295 e. The summed E-state index contributed by atoms with van der Waals surface area (Å²) in [5, 5.41) is 11.3. The second kappa shape index (κ2) is 10.6. The van der Waals surface area contributed by atoms with Crippen LogP contribution in [0.15, 0.2) is 48.2 Å². The zero-order valence-corrected chi connectivity index (χ0v) is 19.9. The minimum Gasteiger partial charge on any atom is -0.507 e. The van der Waals surface area contributed by atoms with Crippen LogP contribution in [0.5, 0.6) is 5.75 Å². The Labute approximate surface area is 195 Å². The van der Waals surface area contributed by atoms with E-state index in [9.17, 15) is 14.7 Å². The Morgan fingerprint density at radius 3 is 2.52 bits per heavy atom. The Kier molecular flexibility index (Phi) is 7.87. The average Bonchev–Trinajstić information content (AvgIpc) is 3.06. The number of rotatable bonds is 9. The fraction of sp³-hybridized carbons (Fsp3) is 0.423. The number of carbonyl (C=O) groups excluding carboxylic acids is 2. The zero-order chi connectivity index (χ0) is 24.1. The molecule has 1 unspecified atom stereocenters. The molecule has 1 fully saturated rings. The van der Waals surface area contributed by atoms with E-state index in [0.29, 0.717) is 36.6 Å². The number of ketones is 1. The van der Waals surface area contributed by atoms with Crippen molar-refractivity contribution in [1.82, 2.24) is 9.88 Å². The van der Waals surface area contributed by atoms with Crippen LogP contribution >= 0.6 is 0 Å². The van der Waals surface area contributed by atoms with Crippen molar-refractivity contribution in [1.29, 1.82) is 0 Å². The highest BCUT2D eigenvalue weighted by atomic mass is 16.5. The number of ether oxygens (including phenoxy) is 2. The third-order valence-electron chi connectivity index (χ3n) is 5.63. The van der Waals surface area contributed by atoms with Crippen LogP contribution in [0.25, 0.3) is 5.76 Å². The molecule has 1 aliphatic heterocycles. The number of hydrogen-bond donors (Lipinski definition) is 1. The molecule has 2 aromatic rings. The maximum atomic E-state index is 13.1. The van der Waals surface area contributed by atoms with Crippen molar-refractivity contribution in [2.75, 3.05) is 20.3 Å². The van der Waals surface area contributed by atoms with Crippen molar-refractivity contribution in [3.8, 4) is 5.75 Å². The standard InChI is InChI=1S/C26H32N2O5/c1-16(2)19-15-18(10-11-21(19)32-5)24(29)22-23(20-9-6-7-12-27-20)28(26(31)25(22)30)13-8-14-33-17(3)4/h6-7,9-12,15-17,23,29H,8,13-14H2,1-5H3/b24-22-. The van der Waals surface area contributed by atoms with Crippen LogP contribution in [0.1, 0.15) is 62.9 Å². The Morgan fingerprint density at radius 1 is 1.15 bits per heavy atom. The number of pyridine rings is 1. The molecule has 2 heterocycles. The molecule has 1 saturated heterocycles. The van der Waals surface area contributed by atoms with Gasteiger partial charge in [0.15, 0.2) is 0 Å². The van der Waals surface area contributed by atoms with Crippen LogP contribution in [0, 0.1) is 0 Å². The van der Waals surface area contributed by atoms with E-state index in [2.05, 4.69) is 4.98 Å². The number of benzene rings is 1. The summed E-state index contributed by atoms with van der Waals surface area (Å²) in [7, 11) is 1.59. The van der Waals surface area contributed by atoms with E-state index in [4.69, 9.17) is 9.47 Å². The van der Waals surface area contributed by atoms with E-state index in [0.717, 1.165) is 5.56 Å². The van der Waals surface area contributed by atoms with Crippen molar-refractivity contribution in [2.24, 2.45) is 0 Å². The molecular formula is C26H32N2O5. The van der Waals surface area contributed by atoms with Crippen molar-refractivity contribution in [3.05, 3.63) is 65.0 Å². The fourth-order valence-corrected chi connectivity index (χ4v) is 4.00. The van der Waals surface area contributed by atoms with Crippen LogP contribution < -0.4 is 4.74 Å². The van der Waals surface area contributed by atoms with Gasteiger partial charge in [0.05, 0.1) is 24.5 Å². The number of methoxy groups -OCH3 is 1. The number of likely N-dealkylation sites (tertiary alicyclic amines) is 1. The number of amides is 1. The summed E-state index contributed by atoms with van der Waals surface area (Å²) < 4.78 is 11.0. The quantitative estimate of drug-likeness (QED) is 0.262. The molecule has 7 nitrogen and oxygen atoms in total. The lowest BCUT2D eigenvalue weighted by Gasteiger charge is -2.24. The third kappa shape index (κ3) is 5.25. The number of aliphatic hydroxyl groups is 1. The molecule has 3 rings (SSSR count). The highest BCUT2D eigenvalue weighted by Crippen LogP contribution is 2.39. The van der Waals surface area contributed by atoms with Gasteiger partial charge in [-0.2, -0.15) is 0 Å². The number of hydrogen-bond acceptors (Lipinski definition) is 6. The first kappa shape index (κ1) is 24.5. The van der Waals surface area contributed by atoms with Crippen LogP contribution in [0.2, 0.25) is 0 Å². The number of carbonyl (C=O) groups is 2. The molecule has 1 aliphatic rings. The minimum absolute atomic E-state index is 0.0448. The lowest BCUT2D eigenvalue weighted by Crippen LogP contribution is -2.31. The van der Waals surface area contributed by atoms with Crippen LogP contribution in [0.4, 0.5) is 0 Å². The zero-order valence-electron chi connectivity index (χ0n) is 19.9. The first-order valence-electron chi connectivity index (χ1n) is 11.3. The second-order valence-corrected chi connectivity index (χ2v) is 8.63. The Bertz CT molecular complexity index is 1030. The summed E-state index contributed by atoms with van der Waals surface area (Å²) in [6, 6.07) is 9.82. The van der Waals surface area contributed by atoms with Gasteiger partial charge in [0.2, 0.25) is 0 Å². The van der Waals surface area contributed by atoms with E-state index >= 15 is 0 Å². The normalized spacial score (nSPS) is 17.9. The van der Waals surface area contributed by atoms with E-state index in [-0.39, 0.29) is 23.4 Å². The van der Waals surface area contributed by atoms with E-state index in [1.165, 1.54) is 4.90 Å². The number of aromatic nitrogens is 1. The van der Waals surface area contributed by atoms with E-state index in [1.807, 2.05) is 27.7 Å². The molecule has 0 spiro atoms. The van der Waals surface area contributed by atoms with Crippen LogP contribution in [-0.4, -0.2) is 53.0 Å². The first-order chi connectivity index (χ1) is 15.8. The monoisotopic (exact) mass is 452 g/mol. The first-order valence-corrected chi connectivity index (χ1v) is 11.3. The summed E-state index contributed by atoms with van der Waals surface area (Å²) in [6.45, 7) is 8.71. The smallest absolute Gasteiger partial charge is 0.295 e. The molecule has 1 amide bonds. The summed E-state index contributed by atoms with van der Waals surface area (Å²) in [5.41, 5.74) is 1.93. The SMILES string of the molecule is COc1ccc(/C(O)=C2/C(=O)C(=O)N(CCCOC(C)C)C2c2ccccn2)cc1C(C)C. The molecule has 0 saturated carbocycles. The predicted molar refractivity (Wildman–Crippen MR) is 126 cm³/mol. The number of Topliss-reactive ketones (excluding diaryl/α,β-unsaturated/α-hetero) is 1. The molecule has 176 valence electrons. The fourth-order valence-electron chi connectivity index (χ4n) is 4.00. The Morgan fingerprint density at radius 2 is 1.91 bits per heavy atom. The number of aliphatic hydroxyl groups excluding tert-OH is 1. The van der Waals surface area contributed by atoms with Crippen LogP contribution in [-0.2, 0) is 14.3 Å². The van der Waals surface area contributed by atoms with Gasteiger partial charge in [-0.25, -0.2) is 0 Å². The lowest BCUT2D eigenvalue weighted by molar-refractivity contribution is -0.140. The van der Waals surface area contributed by atoms with Gasteiger partial charge in [0, 0.05) is 24.9 Å². The largest absolute Gasteiger partial charge is 0.507 e. The summed E-state index contributed by atoms with van der Waals surface area (Å²) >= 11 is 0. The number of nitrogens with zero attached hydrogens (tertiary/aromatic N) is 2. The Balaban J connectivity index is 2.06. The highest BCUT2D eigenvalue weighted by Gasteiger charge is 2.46. The van der Waals surface area contributed by atoms with Crippen molar-refractivity contribution < 1.29 is 24.2 Å². The molecule has 0 aliphatic carbocycles. The van der Waals surface area contributed by atoms with Gasteiger partial charge in [-0.15, -0.1) is 0 Å². The molecule has 0 bridgehead atoms. The predicted octanol–water partition coefficient (Wildman–Crippen LogP) is 4.45. The highest BCUT2D eigenvalue weighted by molar-refractivity contribution is 6.46. The molecule has 0 radical (unpaired) electrons. The van der Waals surface area contributed by atoms with Gasteiger partial charge < -0.3 is 19.5 Å². The Hall–Kier alpha value is -3.19.